The fourth-order valence-corrected chi connectivity index (χ4v) is 2.80. The number of carbonyl (C=O) groups is 1. The summed E-state index contributed by atoms with van der Waals surface area (Å²) < 4.78 is 5.49. The van der Waals surface area contributed by atoms with E-state index in [4.69, 9.17) is 4.74 Å². The molecule has 2 heterocycles. The molecule has 19 heavy (non-hydrogen) atoms. The minimum atomic E-state index is -1.23. The average molecular weight is 285 g/mol. The van der Waals surface area contributed by atoms with Crippen molar-refractivity contribution in [2.45, 2.75) is 30.7 Å². The Morgan fingerprint density at radius 1 is 1.37 bits per heavy atom. The standard InChI is InChI=1S/C12H15NO5S/c1-6(14)8-3-2-7(4-13-8)18-12-11(17)10(16)9(15)5-19-12/h2-4,9-12,15-17H,5H2,1H3/t9-,10+,11-,12+/m1/s1. The van der Waals surface area contributed by atoms with Gasteiger partial charge in [0.2, 0.25) is 0 Å². The Bertz CT molecular complexity index is 452. The molecule has 0 aromatic carbocycles. The number of pyridine rings is 1. The van der Waals surface area contributed by atoms with Gasteiger partial charge in [-0.3, -0.25) is 4.79 Å². The fourth-order valence-electron chi connectivity index (χ4n) is 1.68. The molecular formula is C12H15NO5S. The topological polar surface area (TPSA) is 99.9 Å². The number of hydrogen-bond donors (Lipinski definition) is 3. The third-order valence-electron chi connectivity index (χ3n) is 2.80. The second kappa shape index (κ2) is 5.87. The van der Waals surface area contributed by atoms with E-state index in [9.17, 15) is 20.1 Å². The van der Waals surface area contributed by atoms with Gasteiger partial charge in [0.05, 0.1) is 12.3 Å². The zero-order chi connectivity index (χ0) is 14.0. The molecule has 0 unspecified atom stereocenters. The number of aliphatic hydroxyl groups is 3. The Hall–Kier alpha value is -1.15. The Kier molecular flexibility index (Phi) is 4.41. The van der Waals surface area contributed by atoms with Crippen LogP contribution >= 0.6 is 11.8 Å². The summed E-state index contributed by atoms with van der Waals surface area (Å²) in [6.07, 6.45) is -1.98. The molecule has 0 radical (unpaired) electrons. The number of aromatic nitrogens is 1. The minimum absolute atomic E-state index is 0.142. The lowest BCUT2D eigenvalue weighted by atomic mass is 10.1. The van der Waals surface area contributed by atoms with Gasteiger partial charge < -0.3 is 20.1 Å². The van der Waals surface area contributed by atoms with E-state index in [0.29, 0.717) is 11.4 Å². The van der Waals surface area contributed by atoms with Crippen molar-refractivity contribution in [1.29, 1.82) is 0 Å². The van der Waals surface area contributed by atoms with Crippen LogP contribution < -0.4 is 4.74 Å². The van der Waals surface area contributed by atoms with Gasteiger partial charge in [-0.15, -0.1) is 11.8 Å². The van der Waals surface area contributed by atoms with E-state index in [0.717, 1.165) is 0 Å². The van der Waals surface area contributed by atoms with Gasteiger partial charge in [-0.05, 0) is 12.1 Å². The van der Waals surface area contributed by atoms with Gasteiger partial charge in [-0.1, -0.05) is 0 Å². The quantitative estimate of drug-likeness (QED) is 0.662. The number of thioether (sulfide) groups is 1. The molecule has 1 aromatic heterocycles. The van der Waals surface area contributed by atoms with Crippen LogP contribution in [0.2, 0.25) is 0 Å². The summed E-state index contributed by atoms with van der Waals surface area (Å²) in [5.74, 6) is 0.532. The second-order valence-electron chi connectivity index (χ2n) is 4.30. The first kappa shape index (κ1) is 14.3. The summed E-state index contributed by atoms with van der Waals surface area (Å²) in [5.41, 5.74) is -0.344. The predicted octanol–water partition coefficient (Wildman–Crippen LogP) is -0.181. The maximum atomic E-state index is 11.1. The number of rotatable bonds is 3. The lowest BCUT2D eigenvalue weighted by Crippen LogP contribution is -2.50. The normalized spacial score (nSPS) is 30.9. The second-order valence-corrected chi connectivity index (χ2v) is 5.43. The van der Waals surface area contributed by atoms with Crippen LogP contribution in [0.15, 0.2) is 18.3 Å². The highest BCUT2D eigenvalue weighted by Gasteiger charge is 2.38. The van der Waals surface area contributed by atoms with Crippen molar-refractivity contribution in [1.82, 2.24) is 4.98 Å². The highest BCUT2D eigenvalue weighted by molar-refractivity contribution is 7.99. The molecule has 0 aliphatic carbocycles. The van der Waals surface area contributed by atoms with Crippen molar-refractivity contribution in [2.24, 2.45) is 0 Å². The average Bonchev–Trinajstić information content (AvgIpc) is 2.40. The number of aliphatic hydroxyl groups excluding tert-OH is 3. The highest BCUT2D eigenvalue weighted by Crippen LogP contribution is 2.28. The first-order valence-corrected chi connectivity index (χ1v) is 6.83. The lowest BCUT2D eigenvalue weighted by Gasteiger charge is -2.34. The molecule has 0 bridgehead atoms. The Balaban J connectivity index is 2.03. The molecule has 2 rings (SSSR count). The van der Waals surface area contributed by atoms with Gasteiger partial charge in [-0.25, -0.2) is 4.98 Å². The summed E-state index contributed by atoms with van der Waals surface area (Å²) in [7, 11) is 0. The van der Waals surface area contributed by atoms with Crippen LogP contribution in [-0.2, 0) is 0 Å². The number of nitrogens with zero attached hydrogens (tertiary/aromatic N) is 1. The van der Waals surface area contributed by atoms with Crippen molar-refractivity contribution in [3.8, 4) is 5.75 Å². The maximum Gasteiger partial charge on any atom is 0.178 e. The zero-order valence-electron chi connectivity index (χ0n) is 10.3. The Morgan fingerprint density at radius 3 is 2.68 bits per heavy atom. The van der Waals surface area contributed by atoms with Crippen molar-refractivity contribution in [3.63, 3.8) is 0 Å². The van der Waals surface area contributed by atoms with Crippen LogP contribution in [0.1, 0.15) is 17.4 Å². The van der Waals surface area contributed by atoms with Crippen LogP contribution in [-0.4, -0.2) is 55.6 Å². The van der Waals surface area contributed by atoms with Gasteiger partial charge in [0.25, 0.3) is 0 Å². The third kappa shape index (κ3) is 3.24. The van der Waals surface area contributed by atoms with Crippen molar-refractivity contribution in [2.75, 3.05) is 5.75 Å². The molecule has 0 spiro atoms. The summed E-state index contributed by atoms with van der Waals surface area (Å²) in [5, 5.41) is 28.7. The van der Waals surface area contributed by atoms with Gasteiger partial charge >= 0.3 is 0 Å². The molecule has 4 atom stereocenters. The first-order valence-electron chi connectivity index (χ1n) is 5.78. The fraction of sp³-hybridized carbons (Fsp3) is 0.500. The zero-order valence-corrected chi connectivity index (χ0v) is 11.1. The summed E-state index contributed by atoms with van der Waals surface area (Å²) in [6, 6.07) is 3.11. The van der Waals surface area contributed by atoms with Crippen LogP contribution in [0.3, 0.4) is 0 Å². The van der Waals surface area contributed by atoms with Crippen LogP contribution in [0.5, 0.6) is 5.75 Å². The molecule has 1 saturated heterocycles. The molecule has 7 heteroatoms. The van der Waals surface area contributed by atoms with E-state index in [2.05, 4.69) is 4.98 Å². The molecule has 0 saturated carbocycles. The number of hydrogen-bond acceptors (Lipinski definition) is 7. The number of ketones is 1. The molecule has 1 fully saturated rings. The smallest absolute Gasteiger partial charge is 0.178 e. The Morgan fingerprint density at radius 2 is 2.11 bits per heavy atom. The molecule has 1 aliphatic rings. The van der Waals surface area contributed by atoms with E-state index in [-0.39, 0.29) is 11.5 Å². The molecule has 3 N–H and O–H groups in total. The third-order valence-corrected chi connectivity index (χ3v) is 4.04. The maximum absolute atomic E-state index is 11.1. The van der Waals surface area contributed by atoms with Crippen LogP contribution in [0, 0.1) is 0 Å². The number of carbonyl (C=O) groups excluding carboxylic acids is 1. The van der Waals surface area contributed by atoms with E-state index in [1.807, 2.05) is 0 Å². The highest BCUT2D eigenvalue weighted by atomic mass is 32.2. The summed E-state index contributed by atoms with van der Waals surface area (Å²) in [4.78, 5) is 15.0. The van der Waals surface area contributed by atoms with Crippen LogP contribution in [0.4, 0.5) is 0 Å². The molecule has 1 aromatic rings. The van der Waals surface area contributed by atoms with Crippen molar-refractivity contribution >= 4 is 17.5 Å². The van der Waals surface area contributed by atoms with Gasteiger partial charge in [0.1, 0.15) is 23.7 Å². The van der Waals surface area contributed by atoms with Crippen molar-refractivity contribution in [3.05, 3.63) is 24.0 Å². The van der Waals surface area contributed by atoms with Gasteiger partial charge in [0, 0.05) is 12.7 Å². The van der Waals surface area contributed by atoms with Gasteiger partial charge in [0.15, 0.2) is 11.2 Å². The number of Topliss-reactive ketones (excluding diaryl/α,β-unsaturated/α-hetero) is 1. The summed E-state index contributed by atoms with van der Waals surface area (Å²) >= 11 is 1.21. The SMILES string of the molecule is CC(=O)c1ccc(O[C@H]2SC[C@@H](O)[C@H](O)[C@H]2O)cn1. The molecule has 6 nitrogen and oxygen atoms in total. The molecule has 104 valence electrons. The Labute approximate surface area is 114 Å². The first-order chi connectivity index (χ1) is 8.99. The van der Waals surface area contributed by atoms with E-state index in [1.54, 1.807) is 6.07 Å². The van der Waals surface area contributed by atoms with Crippen molar-refractivity contribution < 1.29 is 24.9 Å². The monoisotopic (exact) mass is 285 g/mol. The number of ether oxygens (including phenoxy) is 1. The van der Waals surface area contributed by atoms with E-state index in [1.165, 1.54) is 30.9 Å². The van der Waals surface area contributed by atoms with E-state index < -0.39 is 23.7 Å². The predicted molar refractivity (Wildman–Crippen MR) is 69.1 cm³/mol. The van der Waals surface area contributed by atoms with Gasteiger partial charge in [-0.2, -0.15) is 0 Å². The summed E-state index contributed by atoms with van der Waals surface area (Å²) in [6.45, 7) is 1.42. The van der Waals surface area contributed by atoms with E-state index >= 15 is 0 Å². The molecule has 1 aliphatic heterocycles. The minimum Gasteiger partial charge on any atom is -0.475 e. The van der Waals surface area contributed by atoms with Crippen LogP contribution in [0.25, 0.3) is 0 Å². The largest absolute Gasteiger partial charge is 0.475 e. The molecular weight excluding hydrogens is 270 g/mol. The lowest BCUT2D eigenvalue weighted by molar-refractivity contribution is -0.0786. The molecule has 0 amide bonds.